The van der Waals surface area contributed by atoms with Gasteiger partial charge in [-0.2, -0.15) is 5.10 Å². The molecule has 0 bridgehead atoms. The molecule has 3 heterocycles. The molecular weight excluding hydrogens is 410 g/mol. The molecule has 2 aliphatic carbocycles. The Kier molecular flexibility index (Phi) is 5.13. The Bertz CT molecular complexity index is 1190. The second-order valence-corrected chi connectivity index (χ2v) is 10.2. The van der Waals surface area contributed by atoms with Crippen LogP contribution in [-0.4, -0.2) is 52.6 Å². The van der Waals surface area contributed by atoms with Crippen molar-refractivity contribution in [2.75, 3.05) is 31.1 Å². The standard InChI is InChI=1S/C27H33N5O/c1-18(2)29-24-8-6-21-15-20(5-7-23(21)24)22-16-26-25(9-10-28-32(26)17-22)30-11-13-31(14-12-30)27(33)19-3-4-19/h5,7,9-10,15-19,24,29H,3-4,6,8,11-14H2,1-2H3/t24-/m0/s1. The van der Waals surface area contributed by atoms with Crippen LogP contribution in [0.25, 0.3) is 16.6 Å². The quantitative estimate of drug-likeness (QED) is 0.647. The topological polar surface area (TPSA) is 52.9 Å². The molecule has 1 aliphatic heterocycles. The molecule has 1 aromatic carbocycles. The van der Waals surface area contributed by atoms with Crippen molar-refractivity contribution in [1.82, 2.24) is 19.8 Å². The second-order valence-electron chi connectivity index (χ2n) is 10.2. The number of rotatable bonds is 5. The predicted molar refractivity (Wildman–Crippen MR) is 131 cm³/mol. The molecule has 6 rings (SSSR count). The van der Waals surface area contributed by atoms with E-state index < -0.39 is 0 Å². The Morgan fingerprint density at radius 2 is 1.85 bits per heavy atom. The van der Waals surface area contributed by atoms with Crippen LogP contribution in [0.3, 0.4) is 0 Å². The van der Waals surface area contributed by atoms with E-state index in [1.807, 2.05) is 10.7 Å². The number of aromatic nitrogens is 2. The molecule has 0 unspecified atom stereocenters. The molecule has 1 atom stereocenters. The SMILES string of the molecule is CC(C)N[C@H]1CCc2cc(-c3cc4c(N5CCN(C(=O)C6CC6)CC5)ccnn4c3)ccc21. The molecule has 172 valence electrons. The number of anilines is 1. The number of piperazine rings is 1. The van der Waals surface area contributed by atoms with E-state index in [4.69, 9.17) is 0 Å². The van der Waals surface area contributed by atoms with Crippen LogP contribution in [0.5, 0.6) is 0 Å². The molecule has 1 amide bonds. The van der Waals surface area contributed by atoms with Crippen molar-refractivity contribution in [2.45, 2.75) is 51.6 Å². The van der Waals surface area contributed by atoms with Gasteiger partial charge in [0.2, 0.25) is 5.91 Å². The van der Waals surface area contributed by atoms with Gasteiger partial charge in [-0.05, 0) is 54.5 Å². The Morgan fingerprint density at radius 3 is 2.61 bits per heavy atom. The minimum Gasteiger partial charge on any atom is -0.366 e. The third kappa shape index (κ3) is 3.90. The zero-order chi connectivity index (χ0) is 22.5. The van der Waals surface area contributed by atoms with Gasteiger partial charge in [0.05, 0.1) is 11.2 Å². The Hall–Kier alpha value is -2.86. The minimum absolute atomic E-state index is 0.307. The smallest absolute Gasteiger partial charge is 0.225 e. The van der Waals surface area contributed by atoms with Crippen LogP contribution < -0.4 is 10.2 Å². The maximum absolute atomic E-state index is 12.4. The van der Waals surface area contributed by atoms with Crippen LogP contribution >= 0.6 is 0 Å². The predicted octanol–water partition coefficient (Wildman–Crippen LogP) is 4.05. The largest absolute Gasteiger partial charge is 0.366 e. The van der Waals surface area contributed by atoms with Crippen molar-refractivity contribution >= 4 is 17.1 Å². The Balaban J connectivity index is 1.24. The van der Waals surface area contributed by atoms with E-state index in [2.05, 4.69) is 70.6 Å². The van der Waals surface area contributed by atoms with Gasteiger partial charge in [0, 0.05) is 62.1 Å². The Labute approximate surface area is 195 Å². The summed E-state index contributed by atoms with van der Waals surface area (Å²) >= 11 is 0. The summed E-state index contributed by atoms with van der Waals surface area (Å²) in [6, 6.07) is 12.3. The molecule has 1 N–H and O–H groups in total. The van der Waals surface area contributed by atoms with Gasteiger partial charge >= 0.3 is 0 Å². The maximum Gasteiger partial charge on any atom is 0.225 e. The van der Waals surface area contributed by atoms with Crippen LogP contribution in [0.4, 0.5) is 5.69 Å². The molecule has 2 fully saturated rings. The number of hydrogen-bond donors (Lipinski definition) is 1. The fraction of sp³-hybridized carbons (Fsp3) is 0.481. The summed E-state index contributed by atoms with van der Waals surface area (Å²) in [5.74, 6) is 0.670. The number of nitrogens with zero attached hydrogens (tertiary/aromatic N) is 4. The van der Waals surface area contributed by atoms with Gasteiger partial charge in [0.25, 0.3) is 0 Å². The number of fused-ring (bicyclic) bond motifs is 2. The number of aryl methyl sites for hydroxylation is 1. The van der Waals surface area contributed by atoms with Crippen molar-refractivity contribution in [2.24, 2.45) is 5.92 Å². The van der Waals surface area contributed by atoms with Crippen LogP contribution in [0.15, 0.2) is 42.7 Å². The third-order valence-electron chi connectivity index (χ3n) is 7.43. The average Bonchev–Trinajstić information content (AvgIpc) is 3.47. The number of benzene rings is 1. The van der Waals surface area contributed by atoms with Crippen LogP contribution in [0.1, 0.15) is 50.3 Å². The van der Waals surface area contributed by atoms with E-state index in [1.54, 1.807) is 0 Å². The molecule has 3 aromatic rings. The average molecular weight is 444 g/mol. The molecule has 6 heteroatoms. The van der Waals surface area contributed by atoms with Gasteiger partial charge in [0.1, 0.15) is 0 Å². The van der Waals surface area contributed by atoms with Gasteiger partial charge in [-0.15, -0.1) is 0 Å². The first-order valence-corrected chi connectivity index (χ1v) is 12.5. The number of carbonyl (C=O) groups is 1. The summed E-state index contributed by atoms with van der Waals surface area (Å²) in [6.45, 7) is 7.81. The number of carbonyl (C=O) groups excluding carboxylic acids is 1. The zero-order valence-corrected chi connectivity index (χ0v) is 19.6. The maximum atomic E-state index is 12.4. The van der Waals surface area contributed by atoms with Gasteiger partial charge in [0.15, 0.2) is 0 Å². The van der Waals surface area contributed by atoms with Gasteiger partial charge < -0.3 is 15.1 Å². The molecule has 0 radical (unpaired) electrons. The summed E-state index contributed by atoms with van der Waals surface area (Å²) in [5.41, 5.74) is 7.72. The molecule has 1 saturated heterocycles. The zero-order valence-electron chi connectivity index (χ0n) is 19.6. The number of amides is 1. The molecule has 6 nitrogen and oxygen atoms in total. The van der Waals surface area contributed by atoms with Gasteiger partial charge in [-0.3, -0.25) is 4.79 Å². The summed E-state index contributed by atoms with van der Waals surface area (Å²) in [6.07, 6.45) is 8.50. The lowest BCUT2D eigenvalue weighted by molar-refractivity contribution is -0.132. The fourth-order valence-corrected chi connectivity index (χ4v) is 5.55. The summed E-state index contributed by atoms with van der Waals surface area (Å²) < 4.78 is 2.00. The lowest BCUT2D eigenvalue weighted by atomic mass is 10.0. The first-order chi connectivity index (χ1) is 16.1. The normalized spacial score (nSPS) is 20.6. The Morgan fingerprint density at radius 1 is 1.03 bits per heavy atom. The molecule has 3 aliphatic rings. The molecule has 1 saturated carbocycles. The highest BCUT2D eigenvalue weighted by molar-refractivity contribution is 5.82. The highest BCUT2D eigenvalue weighted by atomic mass is 16.2. The highest BCUT2D eigenvalue weighted by Crippen LogP contribution is 2.36. The summed E-state index contributed by atoms with van der Waals surface area (Å²) in [5, 5.41) is 8.29. The van der Waals surface area contributed by atoms with E-state index in [0.29, 0.717) is 23.9 Å². The van der Waals surface area contributed by atoms with Crippen molar-refractivity contribution in [3.05, 3.63) is 53.9 Å². The van der Waals surface area contributed by atoms with Crippen molar-refractivity contribution in [3.8, 4) is 11.1 Å². The molecular formula is C27H33N5O. The van der Waals surface area contributed by atoms with Crippen molar-refractivity contribution in [1.29, 1.82) is 0 Å². The number of hydrogen-bond acceptors (Lipinski definition) is 4. The lowest BCUT2D eigenvalue weighted by Gasteiger charge is -2.36. The van der Waals surface area contributed by atoms with Crippen LogP contribution in [-0.2, 0) is 11.2 Å². The van der Waals surface area contributed by atoms with Crippen molar-refractivity contribution in [3.63, 3.8) is 0 Å². The number of nitrogens with one attached hydrogen (secondary N) is 1. The van der Waals surface area contributed by atoms with Crippen LogP contribution in [0.2, 0.25) is 0 Å². The van der Waals surface area contributed by atoms with Crippen LogP contribution in [0, 0.1) is 5.92 Å². The first-order valence-electron chi connectivity index (χ1n) is 12.5. The van der Waals surface area contributed by atoms with Gasteiger partial charge in [-0.25, -0.2) is 4.52 Å². The van der Waals surface area contributed by atoms with E-state index >= 15 is 0 Å². The van der Waals surface area contributed by atoms with E-state index in [-0.39, 0.29) is 0 Å². The minimum atomic E-state index is 0.307. The molecule has 2 aromatic heterocycles. The molecule has 33 heavy (non-hydrogen) atoms. The second kappa shape index (κ2) is 8.17. The van der Waals surface area contributed by atoms with E-state index in [0.717, 1.165) is 51.0 Å². The third-order valence-corrected chi connectivity index (χ3v) is 7.43. The van der Waals surface area contributed by atoms with Crippen molar-refractivity contribution < 1.29 is 4.79 Å². The fourth-order valence-electron chi connectivity index (χ4n) is 5.55. The highest BCUT2D eigenvalue weighted by Gasteiger charge is 2.34. The van der Waals surface area contributed by atoms with E-state index in [9.17, 15) is 4.79 Å². The summed E-state index contributed by atoms with van der Waals surface area (Å²) in [4.78, 5) is 16.9. The van der Waals surface area contributed by atoms with E-state index in [1.165, 1.54) is 34.4 Å². The molecule has 0 spiro atoms. The summed E-state index contributed by atoms with van der Waals surface area (Å²) in [7, 11) is 0. The monoisotopic (exact) mass is 443 g/mol. The van der Waals surface area contributed by atoms with Gasteiger partial charge in [-0.1, -0.05) is 32.0 Å². The lowest BCUT2D eigenvalue weighted by Crippen LogP contribution is -2.49. The first kappa shape index (κ1) is 20.7.